The lowest BCUT2D eigenvalue weighted by Gasteiger charge is -2.36. The van der Waals surface area contributed by atoms with Gasteiger partial charge in [-0.05, 0) is 24.5 Å². The monoisotopic (exact) mass is 341 g/mol. The number of fused-ring (bicyclic) bond motifs is 1. The number of H-pyrrole nitrogens is 1. The van der Waals surface area contributed by atoms with Gasteiger partial charge in [-0.25, -0.2) is 0 Å². The van der Waals surface area contributed by atoms with E-state index in [1.807, 2.05) is 56.1 Å². The minimum Gasteiger partial charge on any atom is -0.361 e. The molecular formula is C20H27N3O2. The molecule has 1 fully saturated rings. The number of benzene rings is 1. The van der Waals surface area contributed by atoms with Crippen molar-refractivity contribution in [2.45, 2.75) is 46.1 Å². The summed E-state index contributed by atoms with van der Waals surface area (Å²) in [6, 6.07) is 8.17. The normalized spacial score (nSPS) is 16.2. The lowest BCUT2D eigenvalue weighted by molar-refractivity contribution is -0.140. The van der Waals surface area contributed by atoms with E-state index in [1.54, 1.807) is 0 Å². The third-order valence-corrected chi connectivity index (χ3v) is 4.81. The summed E-state index contributed by atoms with van der Waals surface area (Å²) in [6.07, 6.45) is 3.93. The van der Waals surface area contributed by atoms with Crippen molar-refractivity contribution in [2.75, 3.05) is 13.1 Å². The Hall–Kier alpha value is -2.30. The zero-order valence-corrected chi connectivity index (χ0v) is 15.3. The van der Waals surface area contributed by atoms with E-state index < -0.39 is 0 Å². The van der Waals surface area contributed by atoms with Gasteiger partial charge in [-0.2, -0.15) is 0 Å². The first-order valence-corrected chi connectivity index (χ1v) is 8.98. The van der Waals surface area contributed by atoms with Crippen LogP contribution in [0.25, 0.3) is 10.9 Å². The number of rotatable bonds is 3. The van der Waals surface area contributed by atoms with Crippen molar-refractivity contribution in [1.29, 1.82) is 0 Å². The summed E-state index contributed by atoms with van der Waals surface area (Å²) in [5.74, 6) is 0.237. The molecule has 2 aromatic rings. The molecule has 0 atom stereocenters. The number of carbonyl (C=O) groups is 2. The zero-order valence-electron chi connectivity index (χ0n) is 15.3. The minimum atomic E-state index is -0.342. The molecule has 1 aliphatic rings. The number of likely N-dealkylation sites (tertiary alicyclic amines) is 1. The summed E-state index contributed by atoms with van der Waals surface area (Å²) in [5.41, 5.74) is 1.73. The minimum absolute atomic E-state index is 0.0466. The average Bonchev–Trinajstić information content (AvgIpc) is 2.97. The topological polar surface area (TPSA) is 65.2 Å². The summed E-state index contributed by atoms with van der Waals surface area (Å²) < 4.78 is 0. The molecule has 0 spiro atoms. The van der Waals surface area contributed by atoms with Crippen molar-refractivity contribution < 1.29 is 9.59 Å². The van der Waals surface area contributed by atoms with Crippen molar-refractivity contribution in [2.24, 2.45) is 5.41 Å². The van der Waals surface area contributed by atoms with Crippen LogP contribution in [-0.2, 0) is 16.0 Å². The maximum absolute atomic E-state index is 12.4. The second kappa shape index (κ2) is 6.90. The number of piperidine rings is 1. The molecule has 2 amide bonds. The van der Waals surface area contributed by atoms with Crippen LogP contribution in [0.2, 0.25) is 0 Å². The van der Waals surface area contributed by atoms with Crippen LogP contribution in [0.3, 0.4) is 0 Å². The van der Waals surface area contributed by atoms with E-state index in [0.717, 1.165) is 29.3 Å². The molecule has 0 saturated carbocycles. The maximum Gasteiger partial charge on any atom is 0.227 e. The molecule has 1 aromatic carbocycles. The Morgan fingerprint density at radius 3 is 2.56 bits per heavy atom. The first-order chi connectivity index (χ1) is 11.8. The highest BCUT2D eigenvalue weighted by molar-refractivity contribution is 5.89. The predicted molar refractivity (Wildman–Crippen MR) is 99.2 cm³/mol. The molecule has 5 nitrogen and oxygen atoms in total. The highest BCUT2D eigenvalue weighted by atomic mass is 16.2. The van der Waals surface area contributed by atoms with E-state index in [9.17, 15) is 9.59 Å². The fourth-order valence-electron chi connectivity index (χ4n) is 3.43. The van der Waals surface area contributed by atoms with Crippen LogP contribution in [0.5, 0.6) is 0 Å². The molecule has 0 aliphatic carbocycles. The van der Waals surface area contributed by atoms with Crippen LogP contribution >= 0.6 is 0 Å². The number of hydrogen-bond donors (Lipinski definition) is 2. The Bertz CT molecular complexity index is 765. The van der Waals surface area contributed by atoms with Gasteiger partial charge in [0.25, 0.3) is 0 Å². The number of nitrogens with zero attached hydrogens (tertiary/aromatic N) is 1. The molecule has 2 N–H and O–H groups in total. The number of nitrogens with one attached hydrogen (secondary N) is 2. The Morgan fingerprint density at radius 2 is 1.88 bits per heavy atom. The molecule has 1 aromatic heterocycles. The average molecular weight is 341 g/mol. The van der Waals surface area contributed by atoms with Crippen molar-refractivity contribution in [3.63, 3.8) is 0 Å². The summed E-state index contributed by atoms with van der Waals surface area (Å²) in [4.78, 5) is 29.8. The number of aromatic nitrogens is 1. The Balaban J connectivity index is 1.52. The fourth-order valence-corrected chi connectivity index (χ4v) is 3.43. The van der Waals surface area contributed by atoms with Crippen LogP contribution in [-0.4, -0.2) is 40.8 Å². The number of amides is 2. The third-order valence-electron chi connectivity index (χ3n) is 4.81. The van der Waals surface area contributed by atoms with Gasteiger partial charge in [0.05, 0.1) is 6.42 Å². The predicted octanol–water partition coefficient (Wildman–Crippen LogP) is 2.86. The standard InChI is InChI=1S/C20H27N3O2/c1-20(2,3)19(25)23-10-8-15(9-11-23)22-18(24)12-14-13-21-17-7-5-4-6-16(14)17/h4-7,13,15,21H,8-12H2,1-3H3,(H,22,24). The van der Waals surface area contributed by atoms with Crippen molar-refractivity contribution in [3.8, 4) is 0 Å². The zero-order chi connectivity index (χ0) is 18.0. The van der Waals surface area contributed by atoms with Crippen LogP contribution < -0.4 is 5.32 Å². The molecular weight excluding hydrogens is 314 g/mol. The van der Waals surface area contributed by atoms with Gasteiger partial charge in [0.1, 0.15) is 0 Å². The van der Waals surface area contributed by atoms with Gasteiger partial charge in [-0.15, -0.1) is 0 Å². The summed E-state index contributed by atoms with van der Waals surface area (Å²) in [7, 11) is 0. The molecule has 0 unspecified atom stereocenters. The smallest absolute Gasteiger partial charge is 0.227 e. The van der Waals surface area contributed by atoms with E-state index in [1.165, 1.54) is 0 Å². The highest BCUT2D eigenvalue weighted by Gasteiger charge is 2.30. The molecule has 0 bridgehead atoms. The lowest BCUT2D eigenvalue weighted by Crippen LogP contribution is -2.49. The Kier molecular flexibility index (Phi) is 4.84. The van der Waals surface area contributed by atoms with Crippen LogP contribution in [0.15, 0.2) is 30.5 Å². The first kappa shape index (κ1) is 17.5. The van der Waals surface area contributed by atoms with Crippen molar-refractivity contribution >= 4 is 22.7 Å². The molecule has 2 heterocycles. The van der Waals surface area contributed by atoms with E-state index in [0.29, 0.717) is 19.5 Å². The highest BCUT2D eigenvalue weighted by Crippen LogP contribution is 2.21. The molecule has 134 valence electrons. The summed E-state index contributed by atoms with van der Waals surface area (Å²) in [6.45, 7) is 7.28. The lowest BCUT2D eigenvalue weighted by atomic mass is 9.93. The largest absolute Gasteiger partial charge is 0.361 e. The second-order valence-corrected chi connectivity index (χ2v) is 7.92. The van der Waals surface area contributed by atoms with Crippen LogP contribution in [0.1, 0.15) is 39.2 Å². The Labute approximate surface area is 148 Å². The molecule has 1 aliphatic heterocycles. The van der Waals surface area contributed by atoms with Crippen molar-refractivity contribution in [3.05, 3.63) is 36.0 Å². The summed E-state index contributed by atoms with van der Waals surface area (Å²) >= 11 is 0. The number of aromatic amines is 1. The number of carbonyl (C=O) groups excluding carboxylic acids is 2. The SMILES string of the molecule is CC(C)(C)C(=O)N1CCC(NC(=O)Cc2c[nH]c3ccccc23)CC1. The van der Waals surface area contributed by atoms with Gasteiger partial charge >= 0.3 is 0 Å². The van der Waals surface area contributed by atoms with Gasteiger partial charge in [-0.1, -0.05) is 39.0 Å². The quantitative estimate of drug-likeness (QED) is 0.901. The van der Waals surface area contributed by atoms with E-state index >= 15 is 0 Å². The first-order valence-electron chi connectivity index (χ1n) is 8.98. The van der Waals surface area contributed by atoms with Gasteiger partial charge in [-0.3, -0.25) is 9.59 Å². The number of hydrogen-bond acceptors (Lipinski definition) is 2. The maximum atomic E-state index is 12.4. The third kappa shape index (κ3) is 4.03. The van der Waals surface area contributed by atoms with E-state index in [2.05, 4.69) is 10.3 Å². The summed E-state index contributed by atoms with van der Waals surface area (Å²) in [5, 5.41) is 4.23. The van der Waals surface area contributed by atoms with Gasteiger partial charge in [0.15, 0.2) is 0 Å². The second-order valence-electron chi connectivity index (χ2n) is 7.92. The van der Waals surface area contributed by atoms with Crippen LogP contribution in [0, 0.1) is 5.41 Å². The van der Waals surface area contributed by atoms with Crippen LogP contribution in [0.4, 0.5) is 0 Å². The molecule has 0 radical (unpaired) electrons. The molecule has 5 heteroatoms. The Morgan fingerprint density at radius 1 is 1.20 bits per heavy atom. The van der Waals surface area contributed by atoms with Gasteiger partial charge in [0, 0.05) is 41.6 Å². The van der Waals surface area contributed by atoms with Crippen molar-refractivity contribution in [1.82, 2.24) is 15.2 Å². The molecule has 1 saturated heterocycles. The van der Waals surface area contributed by atoms with E-state index in [-0.39, 0.29) is 23.3 Å². The number of para-hydroxylation sites is 1. The molecule has 3 rings (SSSR count). The molecule has 25 heavy (non-hydrogen) atoms. The fraction of sp³-hybridized carbons (Fsp3) is 0.500. The van der Waals surface area contributed by atoms with Gasteiger partial charge < -0.3 is 15.2 Å². The van der Waals surface area contributed by atoms with Gasteiger partial charge in [0.2, 0.25) is 11.8 Å². The van der Waals surface area contributed by atoms with E-state index in [4.69, 9.17) is 0 Å².